The van der Waals surface area contributed by atoms with Crippen LogP contribution in [0.3, 0.4) is 0 Å². The third-order valence-electron chi connectivity index (χ3n) is 3.93. The van der Waals surface area contributed by atoms with E-state index in [1.807, 2.05) is 6.92 Å². The van der Waals surface area contributed by atoms with E-state index in [2.05, 4.69) is 16.0 Å². The number of carboxylic acids is 1. The van der Waals surface area contributed by atoms with E-state index >= 15 is 0 Å². The SMILES string of the molecule is CCOCCOCCNC(=O)COCCOCCNC(=O)CCC(NC(=O)CC)C(=O)O. The van der Waals surface area contributed by atoms with Gasteiger partial charge in [-0.05, 0) is 13.3 Å². The Morgan fingerprint density at radius 2 is 1.31 bits per heavy atom. The predicted octanol–water partition coefficient (Wildman–Crippen LogP) is -0.935. The number of hydrogen-bond acceptors (Lipinski definition) is 8. The molecule has 0 aromatic heterocycles. The second kappa shape index (κ2) is 20.6. The van der Waals surface area contributed by atoms with Crippen molar-refractivity contribution in [3.8, 4) is 0 Å². The maximum absolute atomic E-state index is 11.8. The van der Waals surface area contributed by atoms with Crippen LogP contribution in [0.1, 0.15) is 33.1 Å². The van der Waals surface area contributed by atoms with Gasteiger partial charge in [-0.15, -0.1) is 0 Å². The molecule has 0 saturated carbocycles. The van der Waals surface area contributed by atoms with Gasteiger partial charge in [-0.3, -0.25) is 14.4 Å². The summed E-state index contributed by atoms with van der Waals surface area (Å²) in [5, 5.41) is 16.7. The van der Waals surface area contributed by atoms with Gasteiger partial charge in [0, 0.05) is 32.5 Å². The Bertz CT molecular complexity index is 546. The largest absolute Gasteiger partial charge is 0.480 e. The standard InChI is InChI=1S/C20H37N3O9/c1-3-17(24)23-16(20(27)28)5-6-18(25)21-7-9-31-13-14-32-15-19(26)22-8-10-30-12-11-29-4-2/h16H,3-15H2,1-2H3,(H,21,25)(H,22,26)(H,23,24)(H,27,28). The van der Waals surface area contributed by atoms with Crippen LogP contribution in [0.4, 0.5) is 0 Å². The molecule has 0 aromatic carbocycles. The first-order chi connectivity index (χ1) is 15.4. The summed E-state index contributed by atoms with van der Waals surface area (Å²) in [6.07, 6.45) is 0.145. The van der Waals surface area contributed by atoms with E-state index in [1.165, 1.54) is 0 Å². The zero-order chi connectivity index (χ0) is 24.0. The third kappa shape index (κ3) is 18.5. The fourth-order valence-electron chi connectivity index (χ4n) is 2.24. The summed E-state index contributed by atoms with van der Waals surface area (Å²) in [6, 6.07) is -1.09. The number of hydrogen-bond donors (Lipinski definition) is 4. The van der Waals surface area contributed by atoms with E-state index in [1.54, 1.807) is 6.92 Å². The van der Waals surface area contributed by atoms with Gasteiger partial charge < -0.3 is 40.0 Å². The number of aliphatic carboxylic acids is 1. The molecule has 4 N–H and O–H groups in total. The van der Waals surface area contributed by atoms with Crippen molar-refractivity contribution in [2.45, 2.75) is 39.2 Å². The van der Waals surface area contributed by atoms with E-state index in [4.69, 9.17) is 24.1 Å². The predicted molar refractivity (Wildman–Crippen MR) is 114 cm³/mol. The first kappa shape index (κ1) is 29.7. The molecular weight excluding hydrogens is 426 g/mol. The van der Waals surface area contributed by atoms with Crippen molar-refractivity contribution >= 4 is 23.7 Å². The van der Waals surface area contributed by atoms with Crippen LogP contribution >= 0.6 is 0 Å². The Labute approximate surface area is 188 Å². The lowest BCUT2D eigenvalue weighted by Crippen LogP contribution is -2.41. The summed E-state index contributed by atoms with van der Waals surface area (Å²) in [7, 11) is 0. The molecule has 0 fully saturated rings. The number of amides is 3. The normalized spacial score (nSPS) is 11.6. The van der Waals surface area contributed by atoms with Crippen LogP contribution in [-0.2, 0) is 38.1 Å². The van der Waals surface area contributed by atoms with Crippen molar-refractivity contribution in [1.29, 1.82) is 0 Å². The summed E-state index contributed by atoms with van der Waals surface area (Å²) in [4.78, 5) is 45.7. The van der Waals surface area contributed by atoms with Gasteiger partial charge in [-0.1, -0.05) is 6.92 Å². The van der Waals surface area contributed by atoms with Crippen LogP contribution < -0.4 is 16.0 Å². The molecule has 0 heterocycles. The molecule has 3 amide bonds. The monoisotopic (exact) mass is 463 g/mol. The third-order valence-corrected chi connectivity index (χ3v) is 3.93. The highest BCUT2D eigenvalue weighted by atomic mass is 16.5. The molecule has 0 bridgehead atoms. The zero-order valence-electron chi connectivity index (χ0n) is 19.0. The average molecular weight is 464 g/mol. The van der Waals surface area contributed by atoms with E-state index in [-0.39, 0.29) is 70.0 Å². The average Bonchev–Trinajstić information content (AvgIpc) is 2.77. The fraction of sp³-hybridized carbons (Fsp3) is 0.800. The molecule has 1 unspecified atom stereocenters. The van der Waals surface area contributed by atoms with Gasteiger partial charge in [-0.25, -0.2) is 4.79 Å². The molecule has 0 rings (SSSR count). The Balaban J connectivity index is 3.57. The topological polar surface area (TPSA) is 162 Å². The summed E-state index contributed by atoms with van der Waals surface area (Å²) >= 11 is 0. The smallest absolute Gasteiger partial charge is 0.326 e. The minimum Gasteiger partial charge on any atom is -0.480 e. The molecule has 0 saturated heterocycles. The van der Waals surface area contributed by atoms with Gasteiger partial charge in [0.1, 0.15) is 12.6 Å². The summed E-state index contributed by atoms with van der Waals surface area (Å²) in [6.45, 7) is 6.87. The first-order valence-corrected chi connectivity index (χ1v) is 10.8. The highest BCUT2D eigenvalue weighted by Crippen LogP contribution is 1.99. The van der Waals surface area contributed by atoms with E-state index in [9.17, 15) is 19.2 Å². The Hall–Kier alpha value is -2.28. The van der Waals surface area contributed by atoms with Gasteiger partial charge in [0.2, 0.25) is 17.7 Å². The lowest BCUT2D eigenvalue weighted by Gasteiger charge is -2.13. The van der Waals surface area contributed by atoms with E-state index in [0.29, 0.717) is 33.0 Å². The molecule has 1 atom stereocenters. The summed E-state index contributed by atoms with van der Waals surface area (Å²) < 4.78 is 20.9. The van der Waals surface area contributed by atoms with Crippen molar-refractivity contribution in [3.63, 3.8) is 0 Å². The number of carbonyl (C=O) groups is 4. The minimum absolute atomic E-state index is 0.00304. The van der Waals surface area contributed by atoms with Crippen molar-refractivity contribution in [2.75, 3.05) is 65.9 Å². The lowest BCUT2D eigenvalue weighted by molar-refractivity contribution is -0.142. The molecule has 0 aliphatic heterocycles. The van der Waals surface area contributed by atoms with Crippen LogP contribution in [-0.4, -0.2) is 101 Å². The quantitative estimate of drug-likeness (QED) is 0.158. The van der Waals surface area contributed by atoms with Crippen LogP contribution in [0.5, 0.6) is 0 Å². The lowest BCUT2D eigenvalue weighted by atomic mass is 10.1. The Morgan fingerprint density at radius 3 is 1.88 bits per heavy atom. The number of carbonyl (C=O) groups excluding carboxylic acids is 3. The zero-order valence-corrected chi connectivity index (χ0v) is 19.0. The Morgan fingerprint density at radius 1 is 0.750 bits per heavy atom. The highest BCUT2D eigenvalue weighted by Gasteiger charge is 2.20. The summed E-state index contributed by atoms with van der Waals surface area (Å²) in [5.74, 6) is -2.14. The first-order valence-electron chi connectivity index (χ1n) is 10.8. The molecule has 0 spiro atoms. The van der Waals surface area contributed by atoms with Crippen LogP contribution in [0.25, 0.3) is 0 Å². The second-order valence-electron chi connectivity index (χ2n) is 6.52. The van der Waals surface area contributed by atoms with Gasteiger partial charge in [0.25, 0.3) is 0 Å². The van der Waals surface area contributed by atoms with Gasteiger partial charge in [0.05, 0.1) is 39.6 Å². The Kier molecular flexibility index (Phi) is 19.1. The molecule has 12 nitrogen and oxygen atoms in total. The van der Waals surface area contributed by atoms with Gasteiger partial charge >= 0.3 is 5.97 Å². The minimum atomic E-state index is -1.18. The summed E-state index contributed by atoms with van der Waals surface area (Å²) in [5.41, 5.74) is 0. The molecule has 32 heavy (non-hydrogen) atoms. The van der Waals surface area contributed by atoms with Crippen LogP contribution in [0.2, 0.25) is 0 Å². The molecule has 186 valence electrons. The maximum atomic E-state index is 11.8. The molecule has 0 aliphatic carbocycles. The number of carboxylic acid groups (broad SMARTS) is 1. The van der Waals surface area contributed by atoms with Crippen molar-refractivity contribution in [1.82, 2.24) is 16.0 Å². The van der Waals surface area contributed by atoms with Gasteiger partial charge in [-0.2, -0.15) is 0 Å². The van der Waals surface area contributed by atoms with E-state index < -0.39 is 12.0 Å². The van der Waals surface area contributed by atoms with Gasteiger partial charge in [0.15, 0.2) is 0 Å². The van der Waals surface area contributed by atoms with Crippen molar-refractivity contribution in [3.05, 3.63) is 0 Å². The number of nitrogens with one attached hydrogen (secondary N) is 3. The van der Waals surface area contributed by atoms with Crippen molar-refractivity contribution in [2.24, 2.45) is 0 Å². The maximum Gasteiger partial charge on any atom is 0.326 e. The second-order valence-corrected chi connectivity index (χ2v) is 6.52. The molecule has 0 aliphatic rings. The highest BCUT2D eigenvalue weighted by molar-refractivity contribution is 5.84. The number of ether oxygens (including phenoxy) is 4. The van der Waals surface area contributed by atoms with E-state index in [0.717, 1.165) is 0 Å². The van der Waals surface area contributed by atoms with Crippen molar-refractivity contribution < 1.29 is 43.2 Å². The molecule has 0 radical (unpaired) electrons. The molecule has 0 aromatic rings. The number of rotatable bonds is 21. The molecule has 12 heteroatoms. The van der Waals surface area contributed by atoms with Crippen LogP contribution in [0.15, 0.2) is 0 Å². The van der Waals surface area contributed by atoms with Crippen LogP contribution in [0, 0.1) is 0 Å². The fourth-order valence-corrected chi connectivity index (χ4v) is 2.24. The molecular formula is C20H37N3O9.